The third-order valence-electron chi connectivity index (χ3n) is 3.61. The van der Waals surface area contributed by atoms with E-state index in [9.17, 15) is 0 Å². The van der Waals surface area contributed by atoms with Gasteiger partial charge in [0.15, 0.2) is 0 Å². The molecule has 0 aromatic carbocycles. The molecule has 5 nitrogen and oxygen atoms in total. The van der Waals surface area contributed by atoms with Crippen LogP contribution >= 0.6 is 0 Å². The molecule has 2 unspecified atom stereocenters. The summed E-state index contributed by atoms with van der Waals surface area (Å²) in [5.74, 6) is 0. The van der Waals surface area contributed by atoms with Gasteiger partial charge in [-0.2, -0.15) is 0 Å². The summed E-state index contributed by atoms with van der Waals surface area (Å²) < 4.78 is 11.3. The van der Waals surface area contributed by atoms with E-state index >= 15 is 0 Å². The van der Waals surface area contributed by atoms with Crippen molar-refractivity contribution in [2.75, 3.05) is 14.2 Å². The molecule has 1 aromatic heterocycles. The minimum absolute atomic E-state index is 0.174. The molecule has 106 valence electrons. The molecule has 0 spiro atoms. The van der Waals surface area contributed by atoms with E-state index in [4.69, 9.17) is 9.47 Å². The fraction of sp³-hybridized carbons (Fsp3) is 0.714. The van der Waals surface area contributed by atoms with E-state index in [1.54, 1.807) is 7.11 Å². The SMILES string of the molecule is CNCc1cnc(OC2CCCC(OC)C2)nc1C. The molecular formula is C14H23N3O2. The van der Waals surface area contributed by atoms with Gasteiger partial charge in [0, 0.05) is 37.5 Å². The second-order valence-corrected chi connectivity index (χ2v) is 5.06. The van der Waals surface area contributed by atoms with Crippen molar-refractivity contribution in [3.8, 4) is 6.01 Å². The molecule has 1 aromatic rings. The summed E-state index contributed by atoms with van der Waals surface area (Å²) in [6, 6.07) is 0.485. The van der Waals surface area contributed by atoms with E-state index in [1.165, 1.54) is 0 Å². The van der Waals surface area contributed by atoms with E-state index in [0.717, 1.165) is 43.5 Å². The van der Waals surface area contributed by atoms with E-state index < -0.39 is 0 Å². The number of ether oxygens (including phenoxy) is 2. The third-order valence-corrected chi connectivity index (χ3v) is 3.61. The highest BCUT2D eigenvalue weighted by Gasteiger charge is 2.23. The zero-order chi connectivity index (χ0) is 13.7. The molecule has 0 saturated heterocycles. The van der Waals surface area contributed by atoms with Crippen LogP contribution in [0.5, 0.6) is 6.01 Å². The Hall–Kier alpha value is -1.20. The van der Waals surface area contributed by atoms with Crippen LogP contribution in [-0.4, -0.2) is 36.3 Å². The zero-order valence-electron chi connectivity index (χ0n) is 12.0. The van der Waals surface area contributed by atoms with Crippen molar-refractivity contribution in [3.05, 3.63) is 17.5 Å². The molecule has 1 aliphatic carbocycles. The molecule has 5 heteroatoms. The molecule has 1 N–H and O–H groups in total. The summed E-state index contributed by atoms with van der Waals surface area (Å²) in [5.41, 5.74) is 2.08. The van der Waals surface area contributed by atoms with Crippen LogP contribution in [0.3, 0.4) is 0 Å². The lowest BCUT2D eigenvalue weighted by molar-refractivity contribution is 0.0178. The average molecular weight is 265 g/mol. The number of aromatic nitrogens is 2. The van der Waals surface area contributed by atoms with Crippen LogP contribution in [0.4, 0.5) is 0 Å². The Balaban J connectivity index is 1.97. The maximum Gasteiger partial charge on any atom is 0.316 e. The summed E-state index contributed by atoms with van der Waals surface area (Å²) in [5, 5.41) is 3.10. The first-order chi connectivity index (χ1) is 9.22. The Morgan fingerprint density at radius 2 is 2.16 bits per heavy atom. The summed E-state index contributed by atoms with van der Waals surface area (Å²) in [4.78, 5) is 8.71. The average Bonchev–Trinajstić information content (AvgIpc) is 2.42. The Morgan fingerprint density at radius 1 is 1.37 bits per heavy atom. The maximum absolute atomic E-state index is 5.88. The lowest BCUT2D eigenvalue weighted by Crippen LogP contribution is -2.30. The van der Waals surface area contributed by atoms with Gasteiger partial charge >= 0.3 is 6.01 Å². The summed E-state index contributed by atoms with van der Waals surface area (Å²) >= 11 is 0. The van der Waals surface area contributed by atoms with Gasteiger partial charge in [0.25, 0.3) is 0 Å². The van der Waals surface area contributed by atoms with Crippen LogP contribution in [0.25, 0.3) is 0 Å². The van der Waals surface area contributed by atoms with Crippen molar-refractivity contribution >= 4 is 0 Å². The van der Waals surface area contributed by atoms with Gasteiger partial charge in [-0.3, -0.25) is 0 Å². The van der Waals surface area contributed by atoms with E-state index in [-0.39, 0.29) is 6.10 Å². The molecule has 1 aliphatic rings. The first-order valence-corrected chi connectivity index (χ1v) is 6.89. The van der Waals surface area contributed by atoms with Gasteiger partial charge in [-0.25, -0.2) is 9.97 Å². The molecule has 0 radical (unpaired) electrons. The lowest BCUT2D eigenvalue weighted by atomic mass is 9.95. The predicted molar refractivity (Wildman–Crippen MR) is 73.2 cm³/mol. The summed E-state index contributed by atoms with van der Waals surface area (Å²) in [7, 11) is 3.68. The van der Waals surface area contributed by atoms with Gasteiger partial charge in [0.2, 0.25) is 0 Å². The molecule has 0 bridgehead atoms. The molecule has 1 saturated carbocycles. The highest BCUT2D eigenvalue weighted by molar-refractivity contribution is 5.17. The second kappa shape index (κ2) is 6.82. The van der Waals surface area contributed by atoms with Crippen LogP contribution < -0.4 is 10.1 Å². The fourth-order valence-corrected chi connectivity index (χ4v) is 2.46. The molecule has 2 atom stereocenters. The predicted octanol–water partition coefficient (Wildman–Crippen LogP) is 1.84. The van der Waals surface area contributed by atoms with Gasteiger partial charge < -0.3 is 14.8 Å². The van der Waals surface area contributed by atoms with Gasteiger partial charge in [-0.15, -0.1) is 0 Å². The number of nitrogens with zero attached hydrogens (tertiary/aromatic N) is 2. The molecule has 0 amide bonds. The van der Waals surface area contributed by atoms with Crippen LogP contribution in [0.15, 0.2) is 6.20 Å². The van der Waals surface area contributed by atoms with Crippen molar-refractivity contribution < 1.29 is 9.47 Å². The number of methoxy groups -OCH3 is 1. The molecule has 1 fully saturated rings. The topological polar surface area (TPSA) is 56.3 Å². The number of hydrogen-bond donors (Lipinski definition) is 1. The van der Waals surface area contributed by atoms with E-state index in [0.29, 0.717) is 12.1 Å². The van der Waals surface area contributed by atoms with Crippen molar-refractivity contribution in [3.63, 3.8) is 0 Å². The van der Waals surface area contributed by atoms with Crippen LogP contribution in [0.2, 0.25) is 0 Å². The van der Waals surface area contributed by atoms with Crippen LogP contribution in [0, 0.1) is 6.92 Å². The molecule has 19 heavy (non-hydrogen) atoms. The standard InChI is InChI=1S/C14H23N3O2/c1-10-11(8-15-2)9-16-14(17-10)19-13-6-4-5-12(7-13)18-3/h9,12-13,15H,4-8H2,1-3H3. The van der Waals surface area contributed by atoms with Gasteiger partial charge in [-0.1, -0.05) is 0 Å². The van der Waals surface area contributed by atoms with E-state index in [2.05, 4.69) is 15.3 Å². The fourth-order valence-electron chi connectivity index (χ4n) is 2.46. The number of hydrogen-bond acceptors (Lipinski definition) is 5. The van der Waals surface area contributed by atoms with Crippen LogP contribution in [-0.2, 0) is 11.3 Å². The smallest absolute Gasteiger partial charge is 0.316 e. The number of nitrogens with one attached hydrogen (secondary N) is 1. The Labute approximate surface area is 114 Å². The quantitative estimate of drug-likeness (QED) is 0.880. The third kappa shape index (κ3) is 3.88. The minimum atomic E-state index is 0.174. The molecule has 0 aliphatic heterocycles. The first kappa shape index (κ1) is 14.2. The van der Waals surface area contributed by atoms with Gasteiger partial charge in [-0.05, 0) is 33.2 Å². The second-order valence-electron chi connectivity index (χ2n) is 5.06. The highest BCUT2D eigenvalue weighted by atomic mass is 16.5. The maximum atomic E-state index is 5.88. The Morgan fingerprint density at radius 3 is 2.84 bits per heavy atom. The van der Waals surface area contributed by atoms with Crippen molar-refractivity contribution in [1.82, 2.24) is 15.3 Å². The minimum Gasteiger partial charge on any atom is -0.460 e. The molecule has 1 heterocycles. The van der Waals surface area contributed by atoms with Crippen molar-refractivity contribution in [1.29, 1.82) is 0 Å². The number of rotatable bonds is 5. The van der Waals surface area contributed by atoms with E-state index in [1.807, 2.05) is 20.2 Å². The molecular weight excluding hydrogens is 242 g/mol. The van der Waals surface area contributed by atoms with Crippen molar-refractivity contribution in [2.45, 2.75) is 51.4 Å². The van der Waals surface area contributed by atoms with Crippen molar-refractivity contribution in [2.24, 2.45) is 0 Å². The Bertz CT molecular complexity index is 412. The lowest BCUT2D eigenvalue weighted by Gasteiger charge is -2.27. The summed E-state index contributed by atoms with van der Waals surface area (Å²) in [6.07, 6.45) is 6.57. The first-order valence-electron chi connectivity index (χ1n) is 6.89. The van der Waals surface area contributed by atoms with Crippen LogP contribution in [0.1, 0.15) is 36.9 Å². The Kier molecular flexibility index (Phi) is 5.10. The van der Waals surface area contributed by atoms with Gasteiger partial charge in [0.1, 0.15) is 6.10 Å². The zero-order valence-corrected chi connectivity index (χ0v) is 12.0. The summed E-state index contributed by atoms with van der Waals surface area (Å²) in [6.45, 7) is 2.77. The normalized spacial score (nSPS) is 23.3. The largest absolute Gasteiger partial charge is 0.460 e. The van der Waals surface area contributed by atoms with Gasteiger partial charge in [0.05, 0.1) is 6.10 Å². The number of aryl methyl sites for hydroxylation is 1. The highest BCUT2D eigenvalue weighted by Crippen LogP contribution is 2.24. The monoisotopic (exact) mass is 265 g/mol. The molecule has 2 rings (SSSR count).